The van der Waals surface area contributed by atoms with Gasteiger partial charge in [-0.2, -0.15) is 0 Å². The third-order valence-electron chi connectivity index (χ3n) is 1.88. The summed E-state index contributed by atoms with van der Waals surface area (Å²) in [7, 11) is -1.30. The van der Waals surface area contributed by atoms with E-state index in [0.717, 1.165) is 11.3 Å². The topological polar surface area (TPSA) is 29.1 Å². The van der Waals surface area contributed by atoms with Gasteiger partial charge in [-0.3, -0.25) is 0 Å². The number of nitrogens with one attached hydrogen (secondary N) is 1. The Kier molecular flexibility index (Phi) is 4.73. The minimum atomic E-state index is -1.30. The summed E-state index contributed by atoms with van der Waals surface area (Å²) in [4.78, 5) is 0.515. The van der Waals surface area contributed by atoms with Gasteiger partial charge in [0.05, 0.1) is 4.91 Å². The maximum Gasteiger partial charge on any atom is 0.149 e. The summed E-state index contributed by atoms with van der Waals surface area (Å²) in [5.74, 6) is 0. The Hall–Kier alpha value is -1.61. The molecule has 3 heteroatoms. The molecule has 1 rings (SSSR count). The first-order valence-electron chi connectivity index (χ1n) is 4.86. The second kappa shape index (κ2) is 6.08. The first-order valence-corrected chi connectivity index (χ1v) is 6.01. The second-order valence-electron chi connectivity index (χ2n) is 3.30. The summed E-state index contributed by atoms with van der Waals surface area (Å²) in [5, 5.41) is 0. The minimum absolute atomic E-state index is 0.515. The largest absolute Gasteiger partial charge is 0.301 e. The van der Waals surface area contributed by atoms with Crippen molar-refractivity contribution < 1.29 is 4.21 Å². The van der Waals surface area contributed by atoms with Crippen LogP contribution in [0.15, 0.2) is 60.6 Å². The fourth-order valence-electron chi connectivity index (χ4n) is 1.12. The molecule has 0 amide bonds. The van der Waals surface area contributed by atoms with Gasteiger partial charge in [-0.05, 0) is 30.7 Å². The van der Waals surface area contributed by atoms with E-state index in [2.05, 4.69) is 17.9 Å². The second-order valence-corrected chi connectivity index (χ2v) is 4.57. The number of hydrogen-bond donors (Lipinski definition) is 1. The maximum atomic E-state index is 11.7. The van der Waals surface area contributed by atoms with Crippen molar-refractivity contribution in [1.82, 2.24) is 0 Å². The van der Waals surface area contributed by atoms with Crippen LogP contribution in [0, 0.1) is 6.92 Å². The van der Waals surface area contributed by atoms with Crippen LogP contribution in [-0.4, -0.2) is 4.21 Å². The van der Waals surface area contributed by atoms with Gasteiger partial charge in [0.15, 0.2) is 0 Å². The van der Waals surface area contributed by atoms with Crippen molar-refractivity contribution in [1.29, 1.82) is 0 Å². The third-order valence-corrected chi connectivity index (χ3v) is 2.92. The van der Waals surface area contributed by atoms with Gasteiger partial charge in [0.1, 0.15) is 11.0 Å². The van der Waals surface area contributed by atoms with Gasteiger partial charge in [-0.15, -0.1) is 0 Å². The van der Waals surface area contributed by atoms with Crippen LogP contribution in [0.25, 0.3) is 0 Å². The van der Waals surface area contributed by atoms with Crippen molar-refractivity contribution in [3.8, 4) is 0 Å². The molecular weight excluding hydrogens is 218 g/mol. The highest BCUT2D eigenvalue weighted by atomic mass is 32.2. The Morgan fingerprint density at radius 3 is 2.88 bits per heavy atom. The molecule has 0 aliphatic heterocycles. The lowest BCUT2D eigenvalue weighted by atomic mass is 10.2. The summed E-state index contributed by atoms with van der Waals surface area (Å²) < 4.78 is 14.6. The monoisotopic (exact) mass is 233 g/mol. The molecule has 0 aliphatic carbocycles. The zero-order chi connectivity index (χ0) is 12.0. The normalized spacial score (nSPS) is 12.3. The van der Waals surface area contributed by atoms with E-state index >= 15 is 0 Å². The molecule has 1 aromatic carbocycles. The molecule has 0 heterocycles. The molecule has 1 aromatic rings. The highest BCUT2D eigenvalue weighted by molar-refractivity contribution is 7.90. The number of benzene rings is 1. The molecule has 0 spiro atoms. The zero-order valence-corrected chi connectivity index (χ0v) is 10.1. The van der Waals surface area contributed by atoms with Gasteiger partial charge >= 0.3 is 0 Å². The Balaban J connectivity index is 2.68. The van der Waals surface area contributed by atoms with E-state index in [4.69, 9.17) is 0 Å². The van der Waals surface area contributed by atoms with Crippen molar-refractivity contribution in [3.63, 3.8) is 0 Å². The Labute approximate surface area is 99.0 Å². The Bertz CT molecular complexity index is 449. The fourth-order valence-corrected chi connectivity index (χ4v) is 1.79. The highest BCUT2D eigenvalue weighted by Gasteiger charge is 2.01. The smallest absolute Gasteiger partial charge is 0.149 e. The molecule has 16 heavy (non-hydrogen) atoms. The molecular formula is C13H15NOS. The molecule has 0 bridgehead atoms. The van der Waals surface area contributed by atoms with Crippen molar-refractivity contribution in [3.05, 3.63) is 66.1 Å². The maximum absolute atomic E-state index is 11.7. The first-order chi connectivity index (χ1) is 7.63. The van der Waals surface area contributed by atoms with E-state index < -0.39 is 11.0 Å². The van der Waals surface area contributed by atoms with Crippen LogP contribution < -0.4 is 4.72 Å². The number of anilines is 1. The lowest BCUT2D eigenvalue weighted by Crippen LogP contribution is -2.04. The van der Waals surface area contributed by atoms with Gasteiger partial charge in [0, 0.05) is 5.69 Å². The molecule has 2 nitrogen and oxygen atoms in total. The molecule has 1 atom stereocenters. The third kappa shape index (κ3) is 3.87. The number of aryl methyl sites for hydroxylation is 1. The summed E-state index contributed by atoms with van der Waals surface area (Å²) in [6.07, 6.45) is 5.00. The average Bonchev–Trinajstić information content (AvgIpc) is 2.25. The molecule has 0 fully saturated rings. The van der Waals surface area contributed by atoms with Gasteiger partial charge in [0.2, 0.25) is 0 Å². The summed E-state index contributed by atoms with van der Waals surface area (Å²) >= 11 is 0. The minimum Gasteiger partial charge on any atom is -0.301 e. The average molecular weight is 233 g/mol. The molecule has 0 radical (unpaired) electrons. The molecule has 0 saturated carbocycles. The molecule has 0 aliphatic rings. The van der Waals surface area contributed by atoms with Gasteiger partial charge < -0.3 is 4.72 Å². The van der Waals surface area contributed by atoms with Crippen molar-refractivity contribution in [2.24, 2.45) is 0 Å². The van der Waals surface area contributed by atoms with E-state index in [1.807, 2.05) is 31.2 Å². The number of rotatable bonds is 5. The van der Waals surface area contributed by atoms with Crippen LogP contribution in [0.1, 0.15) is 5.56 Å². The molecule has 0 saturated heterocycles. The Morgan fingerprint density at radius 2 is 2.25 bits per heavy atom. The van der Waals surface area contributed by atoms with Crippen LogP contribution in [-0.2, 0) is 11.0 Å². The lowest BCUT2D eigenvalue weighted by Gasteiger charge is -2.06. The van der Waals surface area contributed by atoms with E-state index in [1.165, 1.54) is 0 Å². The van der Waals surface area contributed by atoms with E-state index in [-0.39, 0.29) is 0 Å². The fraction of sp³-hybridized carbons (Fsp3) is 0.0769. The van der Waals surface area contributed by atoms with Crippen molar-refractivity contribution >= 4 is 16.7 Å². The predicted molar refractivity (Wildman–Crippen MR) is 71.4 cm³/mol. The van der Waals surface area contributed by atoms with Crippen LogP contribution >= 0.6 is 0 Å². The van der Waals surface area contributed by atoms with E-state index in [9.17, 15) is 4.21 Å². The summed E-state index contributed by atoms with van der Waals surface area (Å²) in [6.45, 7) is 9.24. The van der Waals surface area contributed by atoms with Gasteiger partial charge in [-0.25, -0.2) is 4.21 Å². The lowest BCUT2D eigenvalue weighted by molar-refractivity contribution is 0.690. The van der Waals surface area contributed by atoms with Crippen LogP contribution in [0.5, 0.6) is 0 Å². The van der Waals surface area contributed by atoms with E-state index in [0.29, 0.717) is 4.91 Å². The molecule has 0 aromatic heterocycles. The molecule has 84 valence electrons. The summed E-state index contributed by atoms with van der Waals surface area (Å²) in [5.41, 5.74) is 1.95. The molecule has 1 unspecified atom stereocenters. The zero-order valence-electron chi connectivity index (χ0n) is 9.27. The van der Waals surface area contributed by atoms with Crippen molar-refractivity contribution in [2.45, 2.75) is 6.92 Å². The number of allylic oxidation sites excluding steroid dienone is 3. The summed E-state index contributed by atoms with van der Waals surface area (Å²) in [6, 6.07) is 7.70. The first kappa shape index (κ1) is 12.5. The van der Waals surface area contributed by atoms with Crippen LogP contribution in [0.3, 0.4) is 0 Å². The predicted octanol–water partition coefficient (Wildman–Crippen LogP) is 3.33. The Morgan fingerprint density at radius 1 is 1.50 bits per heavy atom. The van der Waals surface area contributed by atoms with Gasteiger partial charge in [-0.1, -0.05) is 37.4 Å². The number of hydrogen-bond acceptors (Lipinski definition) is 1. The quantitative estimate of drug-likeness (QED) is 0.777. The van der Waals surface area contributed by atoms with Crippen molar-refractivity contribution in [2.75, 3.05) is 4.72 Å². The van der Waals surface area contributed by atoms with Crippen LogP contribution in [0.4, 0.5) is 5.69 Å². The van der Waals surface area contributed by atoms with Crippen LogP contribution in [0.2, 0.25) is 0 Å². The van der Waals surface area contributed by atoms with Gasteiger partial charge in [0.25, 0.3) is 0 Å². The van der Waals surface area contributed by atoms with E-state index in [1.54, 1.807) is 18.2 Å². The molecule has 1 N–H and O–H groups in total. The highest BCUT2D eigenvalue weighted by Crippen LogP contribution is 2.12. The SMILES string of the molecule is C=C/C=C\C(=C)S(=O)Nc1cccc(C)c1. The standard InChI is InChI=1S/C13H15NOS/c1-4-5-8-12(3)16(15)14-13-9-6-7-11(2)10-13/h4-10,14H,1,3H2,2H3/b8-5-.